The second-order valence-electron chi connectivity index (χ2n) is 6.93. The Hall–Kier alpha value is -0.850. The van der Waals surface area contributed by atoms with Crippen LogP contribution in [0.25, 0.3) is 0 Å². The van der Waals surface area contributed by atoms with Gasteiger partial charge in [-0.2, -0.15) is 0 Å². The molecular weight excluding hydrogens is 282 g/mol. The molecule has 0 unspecified atom stereocenters. The van der Waals surface area contributed by atoms with Crippen molar-refractivity contribution in [2.45, 2.75) is 37.7 Å². The van der Waals surface area contributed by atoms with Crippen LogP contribution in [0.1, 0.15) is 32.1 Å². The first-order valence-corrected chi connectivity index (χ1v) is 8.73. The molecule has 2 amide bonds. The fraction of sp³-hybridized carbons (Fsp3) is 0.938. The highest BCUT2D eigenvalue weighted by molar-refractivity contribution is 5.74. The lowest BCUT2D eigenvalue weighted by Gasteiger charge is -2.47. The van der Waals surface area contributed by atoms with Crippen LogP contribution in [0, 0.1) is 5.92 Å². The van der Waals surface area contributed by atoms with Crippen molar-refractivity contribution < 1.29 is 14.6 Å². The maximum atomic E-state index is 12.3. The Morgan fingerprint density at radius 2 is 2.05 bits per heavy atom. The van der Waals surface area contributed by atoms with Crippen LogP contribution in [0.2, 0.25) is 0 Å². The summed E-state index contributed by atoms with van der Waals surface area (Å²) in [5.74, 6) is 0.264. The SMILES string of the molecule is O=C(NCCN1CCOCC1)N1CC[C@@]2(O)CCCC[C@@H]2C1. The highest BCUT2D eigenvalue weighted by Crippen LogP contribution is 2.39. The van der Waals surface area contributed by atoms with Crippen molar-refractivity contribution in [2.75, 3.05) is 52.5 Å². The minimum Gasteiger partial charge on any atom is -0.389 e. The number of carbonyl (C=O) groups excluding carboxylic acids is 1. The predicted molar refractivity (Wildman–Crippen MR) is 83.8 cm³/mol. The van der Waals surface area contributed by atoms with E-state index >= 15 is 0 Å². The zero-order valence-corrected chi connectivity index (χ0v) is 13.4. The van der Waals surface area contributed by atoms with Gasteiger partial charge in [0.15, 0.2) is 0 Å². The highest BCUT2D eigenvalue weighted by Gasteiger charge is 2.43. The molecule has 3 fully saturated rings. The van der Waals surface area contributed by atoms with Crippen molar-refractivity contribution >= 4 is 6.03 Å². The summed E-state index contributed by atoms with van der Waals surface area (Å²) < 4.78 is 5.32. The van der Waals surface area contributed by atoms with E-state index in [1.165, 1.54) is 6.42 Å². The molecule has 1 aliphatic carbocycles. The van der Waals surface area contributed by atoms with Crippen molar-refractivity contribution in [3.05, 3.63) is 0 Å². The van der Waals surface area contributed by atoms with Crippen molar-refractivity contribution in [3.8, 4) is 0 Å². The molecule has 0 radical (unpaired) electrons. The van der Waals surface area contributed by atoms with Crippen LogP contribution in [0.3, 0.4) is 0 Å². The summed E-state index contributed by atoms with van der Waals surface area (Å²) >= 11 is 0. The topological polar surface area (TPSA) is 65.0 Å². The van der Waals surface area contributed by atoms with E-state index in [-0.39, 0.29) is 11.9 Å². The van der Waals surface area contributed by atoms with Gasteiger partial charge in [0, 0.05) is 45.2 Å². The lowest BCUT2D eigenvalue weighted by atomic mass is 9.71. The quantitative estimate of drug-likeness (QED) is 0.803. The summed E-state index contributed by atoms with van der Waals surface area (Å²) in [6.07, 6.45) is 4.99. The highest BCUT2D eigenvalue weighted by atomic mass is 16.5. The van der Waals surface area contributed by atoms with Crippen LogP contribution in [-0.2, 0) is 4.74 Å². The van der Waals surface area contributed by atoms with Crippen LogP contribution < -0.4 is 5.32 Å². The van der Waals surface area contributed by atoms with Gasteiger partial charge in [-0.25, -0.2) is 4.79 Å². The lowest BCUT2D eigenvalue weighted by molar-refractivity contribution is -0.0870. The molecule has 0 aromatic rings. The molecule has 6 heteroatoms. The first-order chi connectivity index (χ1) is 10.7. The largest absolute Gasteiger partial charge is 0.389 e. The summed E-state index contributed by atoms with van der Waals surface area (Å²) in [6, 6.07) is 0.0286. The van der Waals surface area contributed by atoms with E-state index in [9.17, 15) is 9.90 Å². The minimum absolute atomic E-state index is 0.0286. The number of fused-ring (bicyclic) bond motifs is 1. The van der Waals surface area contributed by atoms with Crippen LogP contribution in [0.4, 0.5) is 4.79 Å². The third-order valence-electron chi connectivity index (χ3n) is 5.52. The second kappa shape index (κ2) is 7.15. The van der Waals surface area contributed by atoms with Gasteiger partial charge in [-0.05, 0) is 19.3 Å². The average molecular weight is 311 g/mol. The van der Waals surface area contributed by atoms with Crippen molar-refractivity contribution in [2.24, 2.45) is 5.92 Å². The number of piperidine rings is 1. The molecule has 6 nitrogen and oxygen atoms in total. The summed E-state index contributed by atoms with van der Waals surface area (Å²) in [6.45, 7) is 6.45. The summed E-state index contributed by atoms with van der Waals surface area (Å²) in [5.41, 5.74) is -0.511. The third kappa shape index (κ3) is 3.73. The molecular formula is C16H29N3O3. The van der Waals surface area contributed by atoms with E-state index in [1.807, 2.05) is 4.90 Å². The predicted octanol–water partition coefficient (Wildman–Crippen LogP) is 0.655. The number of likely N-dealkylation sites (tertiary alicyclic amines) is 1. The lowest BCUT2D eigenvalue weighted by Crippen LogP contribution is -2.56. The Bertz CT molecular complexity index is 387. The van der Waals surface area contributed by atoms with Crippen LogP contribution in [0.15, 0.2) is 0 Å². The average Bonchev–Trinajstić information content (AvgIpc) is 2.55. The van der Waals surface area contributed by atoms with Crippen molar-refractivity contribution in [1.29, 1.82) is 0 Å². The maximum Gasteiger partial charge on any atom is 0.317 e. The monoisotopic (exact) mass is 311 g/mol. The Morgan fingerprint density at radius 3 is 2.86 bits per heavy atom. The van der Waals surface area contributed by atoms with Gasteiger partial charge >= 0.3 is 6.03 Å². The van der Waals surface area contributed by atoms with Gasteiger partial charge in [-0.3, -0.25) is 4.90 Å². The molecule has 1 saturated carbocycles. The molecule has 2 saturated heterocycles. The van der Waals surface area contributed by atoms with Gasteiger partial charge in [-0.1, -0.05) is 12.8 Å². The normalized spacial score (nSPS) is 33.3. The number of nitrogens with one attached hydrogen (secondary N) is 1. The molecule has 0 bridgehead atoms. The van der Waals surface area contributed by atoms with Crippen LogP contribution in [0.5, 0.6) is 0 Å². The number of nitrogens with zero attached hydrogens (tertiary/aromatic N) is 2. The number of hydrogen-bond acceptors (Lipinski definition) is 4. The second-order valence-corrected chi connectivity index (χ2v) is 6.93. The maximum absolute atomic E-state index is 12.3. The molecule has 0 spiro atoms. The molecule has 0 aromatic carbocycles. The molecule has 126 valence electrons. The van der Waals surface area contributed by atoms with E-state index in [4.69, 9.17) is 4.74 Å². The van der Waals surface area contributed by atoms with Gasteiger partial charge in [0.1, 0.15) is 0 Å². The van der Waals surface area contributed by atoms with E-state index in [0.717, 1.165) is 58.5 Å². The van der Waals surface area contributed by atoms with E-state index in [2.05, 4.69) is 10.2 Å². The van der Waals surface area contributed by atoms with Gasteiger partial charge in [0.05, 0.1) is 18.8 Å². The van der Waals surface area contributed by atoms with Gasteiger partial charge < -0.3 is 20.1 Å². The van der Waals surface area contributed by atoms with Crippen molar-refractivity contribution in [3.63, 3.8) is 0 Å². The Kier molecular flexibility index (Phi) is 5.21. The number of carbonyl (C=O) groups is 1. The van der Waals surface area contributed by atoms with Crippen molar-refractivity contribution in [1.82, 2.24) is 15.1 Å². The summed E-state index contributed by atoms with van der Waals surface area (Å²) in [7, 11) is 0. The first kappa shape index (κ1) is 16.0. The Balaban J connectivity index is 1.41. The molecule has 2 atom stereocenters. The van der Waals surface area contributed by atoms with E-state index in [0.29, 0.717) is 19.6 Å². The molecule has 2 N–H and O–H groups in total. The summed E-state index contributed by atoms with van der Waals surface area (Å²) in [5, 5.41) is 13.7. The number of ether oxygens (including phenoxy) is 1. The van der Waals surface area contributed by atoms with E-state index in [1.54, 1.807) is 0 Å². The molecule has 22 heavy (non-hydrogen) atoms. The number of urea groups is 1. The van der Waals surface area contributed by atoms with E-state index < -0.39 is 5.60 Å². The zero-order chi connectivity index (χ0) is 15.4. The smallest absolute Gasteiger partial charge is 0.317 e. The number of morpholine rings is 1. The third-order valence-corrected chi connectivity index (χ3v) is 5.52. The Morgan fingerprint density at radius 1 is 1.23 bits per heavy atom. The van der Waals surface area contributed by atoms with Gasteiger partial charge in [0.25, 0.3) is 0 Å². The number of hydrogen-bond donors (Lipinski definition) is 2. The zero-order valence-electron chi connectivity index (χ0n) is 13.4. The molecule has 2 aliphatic heterocycles. The molecule has 3 aliphatic rings. The standard InChI is InChI=1S/C16H29N3O3/c20-15(17-6-8-18-9-11-22-12-10-18)19-7-5-16(21)4-2-1-3-14(16)13-19/h14,21H,1-13H2,(H,17,20)/t14-,16+/m1/s1. The fourth-order valence-electron chi connectivity index (χ4n) is 4.01. The molecule has 0 aromatic heterocycles. The van der Waals surface area contributed by atoms with Crippen LogP contribution in [-0.4, -0.2) is 79.0 Å². The Labute approximate surface area is 132 Å². The minimum atomic E-state index is -0.511. The number of rotatable bonds is 3. The number of amides is 2. The fourth-order valence-corrected chi connectivity index (χ4v) is 4.01. The molecule has 3 rings (SSSR count). The first-order valence-electron chi connectivity index (χ1n) is 8.73. The molecule has 2 heterocycles. The van der Waals surface area contributed by atoms with Crippen LogP contribution >= 0.6 is 0 Å². The summed E-state index contributed by atoms with van der Waals surface area (Å²) in [4.78, 5) is 16.5. The van der Waals surface area contributed by atoms with Gasteiger partial charge in [0.2, 0.25) is 0 Å². The van der Waals surface area contributed by atoms with Gasteiger partial charge in [-0.15, -0.1) is 0 Å². The number of aliphatic hydroxyl groups is 1.